The van der Waals surface area contributed by atoms with Crippen molar-refractivity contribution in [1.82, 2.24) is 0 Å². The standard InChI is InChI=1S/C14H23NO/c1-10(2)11(3)15(5)14-8-6-13(7-9-14)12(4)16/h6-12,16H,1-5H3. The molecule has 0 spiro atoms. The molecule has 0 aliphatic carbocycles. The van der Waals surface area contributed by atoms with Gasteiger partial charge in [0.25, 0.3) is 0 Å². The van der Waals surface area contributed by atoms with Crippen LogP contribution in [-0.4, -0.2) is 18.2 Å². The first-order valence-corrected chi connectivity index (χ1v) is 5.94. The van der Waals surface area contributed by atoms with Crippen LogP contribution in [0.1, 0.15) is 39.4 Å². The van der Waals surface area contributed by atoms with Crippen LogP contribution in [0.25, 0.3) is 0 Å². The predicted molar refractivity (Wildman–Crippen MR) is 69.8 cm³/mol. The molecular formula is C14H23NO. The van der Waals surface area contributed by atoms with E-state index >= 15 is 0 Å². The van der Waals surface area contributed by atoms with Crippen LogP contribution in [0.5, 0.6) is 0 Å². The van der Waals surface area contributed by atoms with Gasteiger partial charge in [-0.3, -0.25) is 0 Å². The summed E-state index contributed by atoms with van der Waals surface area (Å²) < 4.78 is 0. The first-order chi connectivity index (χ1) is 7.43. The van der Waals surface area contributed by atoms with Crippen LogP contribution in [0.15, 0.2) is 24.3 Å². The molecule has 0 bridgehead atoms. The fourth-order valence-corrected chi connectivity index (χ4v) is 1.67. The van der Waals surface area contributed by atoms with Gasteiger partial charge in [-0.25, -0.2) is 0 Å². The number of hydrogen-bond acceptors (Lipinski definition) is 2. The fraction of sp³-hybridized carbons (Fsp3) is 0.571. The Balaban J connectivity index is 2.81. The first kappa shape index (κ1) is 13.0. The summed E-state index contributed by atoms with van der Waals surface area (Å²) in [5, 5.41) is 9.44. The van der Waals surface area contributed by atoms with Crippen molar-refractivity contribution in [2.24, 2.45) is 5.92 Å². The van der Waals surface area contributed by atoms with Crippen LogP contribution >= 0.6 is 0 Å². The molecule has 0 aliphatic rings. The van der Waals surface area contributed by atoms with Crippen LogP contribution in [0.3, 0.4) is 0 Å². The summed E-state index contributed by atoms with van der Waals surface area (Å²) in [5.41, 5.74) is 2.17. The normalized spacial score (nSPS) is 14.9. The highest BCUT2D eigenvalue weighted by molar-refractivity contribution is 5.48. The Kier molecular flexibility index (Phi) is 4.36. The zero-order valence-electron chi connectivity index (χ0n) is 10.9. The Hall–Kier alpha value is -1.02. The maximum Gasteiger partial charge on any atom is 0.0761 e. The molecule has 0 saturated carbocycles. The van der Waals surface area contributed by atoms with Gasteiger partial charge in [-0.1, -0.05) is 26.0 Å². The lowest BCUT2D eigenvalue weighted by Crippen LogP contribution is -2.33. The van der Waals surface area contributed by atoms with Gasteiger partial charge in [0.15, 0.2) is 0 Å². The lowest BCUT2D eigenvalue weighted by molar-refractivity contribution is 0.199. The van der Waals surface area contributed by atoms with Crippen molar-refractivity contribution in [3.05, 3.63) is 29.8 Å². The third kappa shape index (κ3) is 2.99. The van der Waals surface area contributed by atoms with Crippen molar-refractivity contribution in [1.29, 1.82) is 0 Å². The molecule has 90 valence electrons. The Labute approximate surface area is 98.9 Å². The van der Waals surface area contributed by atoms with Crippen molar-refractivity contribution in [2.45, 2.75) is 39.8 Å². The molecule has 0 aromatic heterocycles. The molecule has 1 N–H and O–H groups in total. The topological polar surface area (TPSA) is 23.5 Å². The molecule has 1 aromatic carbocycles. The van der Waals surface area contributed by atoms with E-state index in [1.54, 1.807) is 6.92 Å². The minimum atomic E-state index is -0.387. The molecule has 1 rings (SSSR count). The summed E-state index contributed by atoms with van der Waals surface area (Å²) in [7, 11) is 2.11. The van der Waals surface area contributed by atoms with Gasteiger partial charge in [0.1, 0.15) is 0 Å². The third-order valence-electron chi connectivity index (χ3n) is 3.36. The minimum absolute atomic E-state index is 0.387. The molecule has 2 heteroatoms. The average molecular weight is 221 g/mol. The molecule has 0 saturated heterocycles. The second-order valence-corrected chi connectivity index (χ2v) is 4.86. The second kappa shape index (κ2) is 5.35. The van der Waals surface area contributed by atoms with Gasteiger partial charge in [-0.15, -0.1) is 0 Å². The largest absolute Gasteiger partial charge is 0.389 e. The Morgan fingerprint density at radius 2 is 1.50 bits per heavy atom. The molecule has 2 atom stereocenters. The number of aliphatic hydroxyl groups is 1. The minimum Gasteiger partial charge on any atom is -0.389 e. The number of rotatable bonds is 4. The zero-order valence-corrected chi connectivity index (χ0v) is 10.9. The summed E-state index contributed by atoms with van der Waals surface area (Å²) in [6.45, 7) is 8.47. The lowest BCUT2D eigenvalue weighted by atomic mass is 10.0. The average Bonchev–Trinajstić information content (AvgIpc) is 2.27. The predicted octanol–water partition coefficient (Wildman–Crippen LogP) is 3.22. The molecule has 2 unspecified atom stereocenters. The summed E-state index contributed by atoms with van der Waals surface area (Å²) in [4.78, 5) is 2.27. The van der Waals surface area contributed by atoms with E-state index in [-0.39, 0.29) is 6.10 Å². The Morgan fingerprint density at radius 3 is 1.88 bits per heavy atom. The van der Waals surface area contributed by atoms with E-state index in [0.29, 0.717) is 12.0 Å². The molecule has 1 aromatic rings. The SMILES string of the molecule is CC(O)c1ccc(N(C)C(C)C(C)C)cc1. The van der Waals surface area contributed by atoms with Crippen molar-refractivity contribution in [3.63, 3.8) is 0 Å². The third-order valence-corrected chi connectivity index (χ3v) is 3.36. The van der Waals surface area contributed by atoms with Gasteiger partial charge in [0.05, 0.1) is 6.10 Å². The van der Waals surface area contributed by atoms with E-state index in [4.69, 9.17) is 0 Å². The second-order valence-electron chi connectivity index (χ2n) is 4.86. The monoisotopic (exact) mass is 221 g/mol. The van der Waals surface area contributed by atoms with E-state index in [1.165, 1.54) is 5.69 Å². The molecule has 16 heavy (non-hydrogen) atoms. The van der Waals surface area contributed by atoms with E-state index in [1.807, 2.05) is 12.1 Å². The van der Waals surface area contributed by atoms with Crippen LogP contribution < -0.4 is 4.90 Å². The van der Waals surface area contributed by atoms with Crippen molar-refractivity contribution in [3.8, 4) is 0 Å². The molecular weight excluding hydrogens is 198 g/mol. The van der Waals surface area contributed by atoms with E-state index in [0.717, 1.165) is 5.56 Å². The summed E-state index contributed by atoms with van der Waals surface area (Å²) in [6, 6.07) is 8.63. The summed E-state index contributed by atoms with van der Waals surface area (Å²) >= 11 is 0. The van der Waals surface area contributed by atoms with E-state index in [2.05, 4.69) is 44.9 Å². The van der Waals surface area contributed by atoms with Gasteiger partial charge >= 0.3 is 0 Å². The number of nitrogens with zero attached hydrogens (tertiary/aromatic N) is 1. The van der Waals surface area contributed by atoms with Crippen LogP contribution in [-0.2, 0) is 0 Å². The van der Waals surface area contributed by atoms with Crippen LogP contribution in [0.2, 0.25) is 0 Å². The smallest absolute Gasteiger partial charge is 0.0761 e. The summed E-state index contributed by atoms with van der Waals surface area (Å²) in [6.07, 6.45) is -0.387. The van der Waals surface area contributed by atoms with Crippen LogP contribution in [0.4, 0.5) is 5.69 Å². The number of benzene rings is 1. The quantitative estimate of drug-likeness (QED) is 0.844. The van der Waals surface area contributed by atoms with Crippen molar-refractivity contribution >= 4 is 5.69 Å². The highest BCUT2D eigenvalue weighted by Gasteiger charge is 2.13. The van der Waals surface area contributed by atoms with Crippen molar-refractivity contribution < 1.29 is 5.11 Å². The number of anilines is 1. The molecule has 0 amide bonds. The molecule has 0 aliphatic heterocycles. The van der Waals surface area contributed by atoms with Crippen molar-refractivity contribution in [2.75, 3.05) is 11.9 Å². The first-order valence-electron chi connectivity index (χ1n) is 5.94. The van der Waals surface area contributed by atoms with Gasteiger partial charge < -0.3 is 10.0 Å². The lowest BCUT2D eigenvalue weighted by Gasteiger charge is -2.30. The van der Waals surface area contributed by atoms with Gasteiger partial charge in [0, 0.05) is 18.8 Å². The Morgan fingerprint density at radius 1 is 1.00 bits per heavy atom. The zero-order chi connectivity index (χ0) is 12.3. The highest BCUT2D eigenvalue weighted by Crippen LogP contribution is 2.21. The number of aliphatic hydroxyl groups excluding tert-OH is 1. The maximum absolute atomic E-state index is 9.44. The Bertz CT molecular complexity index is 316. The van der Waals surface area contributed by atoms with E-state index in [9.17, 15) is 5.11 Å². The van der Waals surface area contributed by atoms with Gasteiger partial charge in [-0.2, -0.15) is 0 Å². The molecule has 0 fully saturated rings. The highest BCUT2D eigenvalue weighted by atomic mass is 16.3. The summed E-state index contributed by atoms with van der Waals surface area (Å²) in [5.74, 6) is 0.626. The molecule has 0 heterocycles. The van der Waals surface area contributed by atoms with E-state index < -0.39 is 0 Å². The van der Waals surface area contributed by atoms with Crippen LogP contribution in [0, 0.1) is 5.92 Å². The van der Waals surface area contributed by atoms with Gasteiger partial charge in [0.2, 0.25) is 0 Å². The van der Waals surface area contributed by atoms with Gasteiger partial charge in [-0.05, 0) is 37.5 Å². The molecule has 0 radical (unpaired) electrons. The number of hydrogen-bond donors (Lipinski definition) is 1. The molecule has 2 nitrogen and oxygen atoms in total. The maximum atomic E-state index is 9.44. The fourth-order valence-electron chi connectivity index (χ4n) is 1.67.